The first-order valence-electron chi connectivity index (χ1n) is 13.0. The molecule has 1 atom stereocenters. The van der Waals surface area contributed by atoms with Crippen LogP contribution < -0.4 is 10.6 Å². The van der Waals surface area contributed by atoms with Crippen molar-refractivity contribution >= 4 is 43.2 Å². The van der Waals surface area contributed by atoms with Crippen molar-refractivity contribution in [3.63, 3.8) is 0 Å². The van der Waals surface area contributed by atoms with E-state index in [1.54, 1.807) is 3.59 Å². The molecule has 3 rings (SSSR count). The summed E-state index contributed by atoms with van der Waals surface area (Å²) >= 11 is -2.67. The third-order valence-electron chi connectivity index (χ3n) is 7.15. The molecule has 0 radical (unpaired) electrons. The van der Waals surface area contributed by atoms with Crippen molar-refractivity contribution in [2.24, 2.45) is 5.92 Å². The molecular weight excluding hydrogens is 526 g/mol. The van der Waals surface area contributed by atoms with Gasteiger partial charge in [0.25, 0.3) is 0 Å². The summed E-state index contributed by atoms with van der Waals surface area (Å²) in [7, 11) is -0.698. The number of aldehydes is 1. The molecule has 0 bridgehead atoms. The molecule has 1 aliphatic rings. The van der Waals surface area contributed by atoms with E-state index in [0.29, 0.717) is 0 Å². The molecule has 0 fully saturated rings. The summed E-state index contributed by atoms with van der Waals surface area (Å²) in [4.78, 5) is 12.8. The maximum absolute atomic E-state index is 12.8. The molecule has 1 nitrogen and oxygen atoms in total. The second-order valence-electron chi connectivity index (χ2n) is 9.42. The van der Waals surface area contributed by atoms with E-state index in [1.165, 1.54) is 74.0 Å². The average molecular weight is 567 g/mol. The molecule has 3 heteroatoms. The standard InChI is InChI=1S/C18H14OP.3C4H9.Sn/c19-14-15-8-7-13-18(15)20(16-9-3-1-4-10-16)17-11-5-2-6-12-17;3*1-3-4-2;/h1-7,9-15H;3*1,3-4H2,2H3;. The van der Waals surface area contributed by atoms with Crippen LogP contribution in [-0.2, 0) is 4.79 Å². The van der Waals surface area contributed by atoms with Gasteiger partial charge in [0, 0.05) is 0 Å². The number of hydrogen-bond acceptors (Lipinski definition) is 1. The first-order valence-corrected chi connectivity index (χ1v) is 21.8. The Labute approximate surface area is 207 Å². The Morgan fingerprint density at radius 2 is 1.18 bits per heavy atom. The van der Waals surface area contributed by atoms with Gasteiger partial charge in [-0.15, -0.1) is 0 Å². The van der Waals surface area contributed by atoms with Crippen molar-refractivity contribution in [3.05, 3.63) is 81.7 Å². The van der Waals surface area contributed by atoms with Gasteiger partial charge in [-0.2, -0.15) is 0 Å². The zero-order chi connectivity index (χ0) is 23.5. The van der Waals surface area contributed by atoms with Crippen LogP contribution in [0.1, 0.15) is 59.3 Å². The van der Waals surface area contributed by atoms with Crippen molar-refractivity contribution in [2.45, 2.75) is 72.6 Å². The molecule has 0 aliphatic heterocycles. The van der Waals surface area contributed by atoms with E-state index in [1.807, 2.05) is 0 Å². The maximum atomic E-state index is 12.8. The van der Waals surface area contributed by atoms with Crippen molar-refractivity contribution < 1.29 is 4.79 Å². The Morgan fingerprint density at radius 1 is 0.727 bits per heavy atom. The minimum absolute atomic E-state index is 0.00195. The summed E-state index contributed by atoms with van der Waals surface area (Å²) in [6.07, 6.45) is 13.9. The van der Waals surface area contributed by atoms with Gasteiger partial charge in [0.1, 0.15) is 0 Å². The normalized spacial score (nSPS) is 16.1. The molecule has 0 spiro atoms. The van der Waals surface area contributed by atoms with Gasteiger partial charge in [0.2, 0.25) is 0 Å². The summed E-state index contributed by atoms with van der Waals surface area (Å²) < 4.78 is 5.86. The number of unbranched alkanes of at least 4 members (excludes halogenated alkanes) is 3. The van der Waals surface area contributed by atoms with Crippen LogP contribution in [0, 0.1) is 5.92 Å². The molecule has 0 aromatic heterocycles. The molecule has 0 saturated carbocycles. The van der Waals surface area contributed by atoms with Gasteiger partial charge >= 0.3 is 208 Å². The summed E-state index contributed by atoms with van der Waals surface area (Å²) in [5, 5.41) is 4.06. The molecule has 1 unspecified atom stereocenters. The first kappa shape index (κ1) is 26.4. The number of rotatable bonds is 14. The molecule has 0 N–H and O–H groups in total. The van der Waals surface area contributed by atoms with Crippen molar-refractivity contribution in [1.29, 1.82) is 0 Å². The molecule has 2 aromatic carbocycles. The third kappa shape index (κ3) is 6.49. The molecule has 0 amide bonds. The fourth-order valence-corrected chi connectivity index (χ4v) is 25.4. The fraction of sp³-hybridized carbons (Fsp3) is 0.433. The molecule has 176 valence electrons. The summed E-state index contributed by atoms with van der Waals surface area (Å²) in [6, 6.07) is 21.7. The number of allylic oxidation sites excluding steroid dienone is 4. The van der Waals surface area contributed by atoms with Gasteiger partial charge in [-0.05, 0) is 0 Å². The van der Waals surface area contributed by atoms with Gasteiger partial charge in [-0.1, -0.05) is 0 Å². The van der Waals surface area contributed by atoms with Gasteiger partial charge in [-0.25, -0.2) is 0 Å². The third-order valence-corrected chi connectivity index (χ3v) is 25.8. The van der Waals surface area contributed by atoms with Gasteiger partial charge in [0.15, 0.2) is 0 Å². The van der Waals surface area contributed by atoms with Gasteiger partial charge < -0.3 is 0 Å². The number of hydrogen-bond donors (Lipinski definition) is 0. The average Bonchev–Trinajstić information content (AvgIpc) is 3.29. The molecule has 1 aliphatic carbocycles. The minimum atomic E-state index is -2.67. The van der Waals surface area contributed by atoms with E-state index in [2.05, 4.69) is 93.6 Å². The van der Waals surface area contributed by atoms with Crippen molar-refractivity contribution in [3.8, 4) is 0 Å². The van der Waals surface area contributed by atoms with Crippen LogP contribution in [0.5, 0.6) is 0 Å². The quantitative estimate of drug-likeness (QED) is 0.128. The Morgan fingerprint density at radius 3 is 1.58 bits per heavy atom. The number of benzene rings is 2. The Hall–Kier alpha value is -1.18. The zero-order valence-electron chi connectivity index (χ0n) is 20.8. The molecule has 0 saturated heterocycles. The van der Waals surface area contributed by atoms with Crippen LogP contribution in [0.2, 0.25) is 13.3 Å². The van der Waals surface area contributed by atoms with Crippen LogP contribution in [0.4, 0.5) is 0 Å². The summed E-state index contributed by atoms with van der Waals surface area (Å²) in [5.74, 6) is -0.00195. The zero-order valence-corrected chi connectivity index (χ0v) is 24.6. The second-order valence-corrected chi connectivity index (χ2v) is 24.9. The number of carbonyl (C=O) groups excluding carboxylic acids is 1. The Bertz CT molecular complexity index is 858. The van der Waals surface area contributed by atoms with Crippen LogP contribution in [-0.4, -0.2) is 24.7 Å². The fourth-order valence-electron chi connectivity index (χ4n) is 5.36. The van der Waals surface area contributed by atoms with E-state index in [0.717, 1.165) is 0 Å². The van der Waals surface area contributed by atoms with E-state index < -0.39 is 26.3 Å². The Kier molecular flexibility index (Phi) is 10.9. The monoisotopic (exact) mass is 568 g/mol. The van der Waals surface area contributed by atoms with Crippen LogP contribution in [0.3, 0.4) is 0 Å². The molecule has 2 aromatic rings. The van der Waals surface area contributed by atoms with E-state index >= 15 is 0 Å². The van der Waals surface area contributed by atoms with Gasteiger partial charge in [0.05, 0.1) is 0 Å². The van der Waals surface area contributed by atoms with E-state index in [-0.39, 0.29) is 5.92 Å². The number of carbonyl (C=O) groups is 1. The summed E-state index contributed by atoms with van der Waals surface area (Å²) in [5.41, 5.74) is 0. The molecule has 0 heterocycles. The predicted molar refractivity (Wildman–Crippen MR) is 150 cm³/mol. The van der Waals surface area contributed by atoms with E-state index in [9.17, 15) is 4.79 Å². The summed E-state index contributed by atoms with van der Waals surface area (Å²) in [6.45, 7) is 6.97. The van der Waals surface area contributed by atoms with Crippen LogP contribution in [0.15, 0.2) is 81.7 Å². The second kappa shape index (κ2) is 13.6. The van der Waals surface area contributed by atoms with Crippen LogP contribution >= 0.6 is 7.92 Å². The van der Waals surface area contributed by atoms with Crippen molar-refractivity contribution in [1.82, 2.24) is 0 Å². The topological polar surface area (TPSA) is 17.1 Å². The Balaban J connectivity index is 2.03. The van der Waals surface area contributed by atoms with Crippen molar-refractivity contribution in [2.75, 3.05) is 0 Å². The predicted octanol–water partition coefficient (Wildman–Crippen LogP) is 8.15. The first-order chi connectivity index (χ1) is 16.2. The molecule has 33 heavy (non-hydrogen) atoms. The SMILES string of the molecule is CCC[CH2][Sn]([CH2]CCC)([CH2]CCC)[C]1=CC=C(P(c2ccccc2)c2ccccc2)C1C=O. The molecular formula is C30H41OPSn. The van der Waals surface area contributed by atoms with Crippen LogP contribution in [0.25, 0.3) is 0 Å². The van der Waals surface area contributed by atoms with E-state index in [4.69, 9.17) is 0 Å². The van der Waals surface area contributed by atoms with Gasteiger partial charge in [-0.3, -0.25) is 0 Å².